The van der Waals surface area contributed by atoms with E-state index >= 15 is 0 Å². The van der Waals surface area contributed by atoms with E-state index in [2.05, 4.69) is 62.8 Å². The smallest absolute Gasteiger partial charge is 0.269 e. The molecule has 4 aromatic heterocycles. The maximum absolute atomic E-state index is 14.7. The number of carbonyl (C=O) groups is 3. The number of nitrogens with two attached hydrogens (primary N) is 1. The second-order valence-corrected chi connectivity index (χ2v) is 20.5. The molecule has 0 unspecified atom stereocenters. The van der Waals surface area contributed by atoms with Crippen molar-refractivity contribution >= 4 is 73.5 Å². The fourth-order valence-corrected chi connectivity index (χ4v) is 10.8. The number of carbonyl (C=O) groups excluding carboxylic acids is 3. The van der Waals surface area contributed by atoms with Crippen LogP contribution in [-0.4, -0.2) is 73.7 Å². The number of benzene rings is 2. The number of piperidine rings is 2. The van der Waals surface area contributed by atoms with Crippen molar-refractivity contribution in [3.63, 3.8) is 0 Å². The molecule has 2 aliphatic carbocycles. The number of amides is 3. The molecule has 15 nitrogen and oxygen atoms in total. The summed E-state index contributed by atoms with van der Waals surface area (Å²) in [6.45, 7) is 9.44. The van der Waals surface area contributed by atoms with Crippen LogP contribution in [0.15, 0.2) is 73.1 Å². The largest absolute Gasteiger partial charge is 0.365 e. The third-order valence-corrected chi connectivity index (χ3v) is 15.3. The Morgan fingerprint density at radius 1 is 0.676 bits per heavy atom. The fourth-order valence-electron chi connectivity index (χ4n) is 9.47. The molecule has 71 heavy (non-hydrogen) atoms. The van der Waals surface area contributed by atoms with Gasteiger partial charge in [-0.3, -0.25) is 14.4 Å². The highest BCUT2D eigenvalue weighted by atomic mass is 32.1. The number of aryl methyl sites for hydroxylation is 2. The van der Waals surface area contributed by atoms with Crippen molar-refractivity contribution in [2.24, 2.45) is 5.73 Å². The highest BCUT2D eigenvalue weighted by Crippen LogP contribution is 2.41. The minimum absolute atomic E-state index is 0.0327. The van der Waals surface area contributed by atoms with Crippen LogP contribution in [0.1, 0.15) is 136 Å². The number of nitrogens with one attached hydrogen (secondary N) is 4. The molecule has 2 saturated carbocycles. The van der Waals surface area contributed by atoms with Crippen LogP contribution in [0.25, 0.3) is 0 Å². The Bertz CT molecular complexity index is 3000. The Morgan fingerprint density at radius 2 is 1.14 bits per heavy atom. The molecule has 0 radical (unpaired) electrons. The average Bonchev–Trinajstić information content (AvgIpc) is 4.30. The lowest BCUT2D eigenvalue weighted by atomic mass is 9.96. The number of pyridine rings is 2. The number of hydrogen-bond acceptors (Lipinski definition) is 14. The second-order valence-electron chi connectivity index (χ2n) is 18.9. The lowest BCUT2D eigenvalue weighted by molar-refractivity contribution is 0.0912. The van der Waals surface area contributed by atoms with Crippen molar-refractivity contribution < 1.29 is 23.2 Å². The predicted octanol–water partition coefficient (Wildman–Crippen LogP) is 9.76. The van der Waals surface area contributed by atoms with Crippen molar-refractivity contribution in [3.05, 3.63) is 130 Å². The maximum atomic E-state index is 14.7. The van der Waals surface area contributed by atoms with Crippen LogP contribution in [-0.2, 0) is 0 Å². The van der Waals surface area contributed by atoms with Gasteiger partial charge in [-0.15, -0.1) is 0 Å². The average molecular weight is 999 g/mol. The number of hydrogen-bond donors (Lipinski definition) is 5. The minimum Gasteiger partial charge on any atom is -0.365 e. The highest BCUT2D eigenvalue weighted by Gasteiger charge is 2.34. The van der Waals surface area contributed by atoms with E-state index < -0.39 is 23.4 Å². The summed E-state index contributed by atoms with van der Waals surface area (Å²) in [5, 5.41) is 23.7. The van der Waals surface area contributed by atoms with Crippen LogP contribution < -0.4 is 36.8 Å². The summed E-state index contributed by atoms with van der Waals surface area (Å²) in [7, 11) is 0. The van der Waals surface area contributed by atoms with Gasteiger partial charge in [0, 0.05) is 37.3 Å². The fraction of sp³-hybridized carbons (Fsp3) is 0.385. The summed E-state index contributed by atoms with van der Waals surface area (Å²) in [6.07, 6.45) is 11.0. The second kappa shape index (κ2) is 21.1. The number of aromatic nitrogens is 4. The molecular weight excluding hydrogens is 943 g/mol. The van der Waals surface area contributed by atoms with Crippen LogP contribution in [0.4, 0.5) is 41.5 Å². The molecule has 0 bridgehead atoms. The SMILES string of the molecule is Cc1cc(Nc2cc(N3CCC[C@@H](NC(=O)c4ccc(C5CC5)cc4F)[C@H]3C)cnc2C#N)sn1.Cc1cc(Nc2cc(N3CCC[C@@H](NC(=O)c4ccc(C5CC5)cc4F)[C@H]3C)cnc2C(N)=O)sn1. The lowest BCUT2D eigenvalue weighted by Gasteiger charge is -2.41. The van der Waals surface area contributed by atoms with Gasteiger partial charge in [0.25, 0.3) is 17.7 Å². The summed E-state index contributed by atoms with van der Waals surface area (Å²) in [4.78, 5) is 50.9. The van der Waals surface area contributed by atoms with Gasteiger partial charge in [-0.1, -0.05) is 12.1 Å². The molecule has 2 aromatic carbocycles. The van der Waals surface area contributed by atoms with Gasteiger partial charge in [-0.25, -0.2) is 18.7 Å². The summed E-state index contributed by atoms with van der Waals surface area (Å²) in [5.74, 6) is -1.48. The van der Waals surface area contributed by atoms with E-state index in [4.69, 9.17) is 5.73 Å². The van der Waals surface area contributed by atoms with Gasteiger partial charge in [0.05, 0.1) is 57.7 Å². The first-order valence-corrected chi connectivity index (χ1v) is 25.6. The summed E-state index contributed by atoms with van der Waals surface area (Å²) < 4.78 is 37.9. The number of halogens is 2. The Morgan fingerprint density at radius 3 is 1.56 bits per heavy atom. The molecular formula is C52H56F2N12O3S2. The van der Waals surface area contributed by atoms with Gasteiger partial charge in [0.2, 0.25) is 0 Å². The summed E-state index contributed by atoms with van der Waals surface area (Å²) in [6, 6.07) is 19.2. The van der Waals surface area contributed by atoms with Gasteiger partial charge in [-0.05, 0) is 174 Å². The number of rotatable bonds is 13. The van der Waals surface area contributed by atoms with E-state index in [1.54, 1.807) is 24.5 Å². The molecule has 4 aliphatic rings. The topological polar surface area (TPSA) is 207 Å². The number of nitrogens with zero attached hydrogens (tertiary/aromatic N) is 7. The van der Waals surface area contributed by atoms with Crippen molar-refractivity contribution in [1.82, 2.24) is 29.3 Å². The molecule has 0 spiro atoms. The Labute approximate surface area is 419 Å². The zero-order valence-corrected chi connectivity index (χ0v) is 41.6. The van der Waals surface area contributed by atoms with E-state index in [9.17, 15) is 28.4 Å². The van der Waals surface area contributed by atoms with Crippen LogP contribution in [0.5, 0.6) is 0 Å². The molecule has 4 fully saturated rings. The summed E-state index contributed by atoms with van der Waals surface area (Å²) in [5.41, 5.74) is 12.7. The number of primary amides is 1. The van der Waals surface area contributed by atoms with Gasteiger partial charge in [0.1, 0.15) is 27.7 Å². The van der Waals surface area contributed by atoms with E-state index in [-0.39, 0.29) is 46.9 Å². The maximum Gasteiger partial charge on any atom is 0.269 e. The molecule has 6 heterocycles. The highest BCUT2D eigenvalue weighted by molar-refractivity contribution is 7.10. The third-order valence-electron chi connectivity index (χ3n) is 13.7. The van der Waals surface area contributed by atoms with E-state index in [1.165, 1.54) is 35.2 Å². The monoisotopic (exact) mass is 998 g/mol. The third kappa shape index (κ3) is 11.4. The van der Waals surface area contributed by atoms with E-state index in [0.29, 0.717) is 28.9 Å². The zero-order chi connectivity index (χ0) is 49.9. The van der Waals surface area contributed by atoms with Crippen molar-refractivity contribution in [3.8, 4) is 6.07 Å². The van der Waals surface area contributed by atoms with E-state index in [0.717, 1.165) is 108 Å². The van der Waals surface area contributed by atoms with Gasteiger partial charge in [0.15, 0.2) is 11.4 Å². The van der Waals surface area contributed by atoms with Crippen molar-refractivity contribution in [2.75, 3.05) is 33.5 Å². The standard InChI is InChI=1S/C26H29FN6O2S.C26H27FN6OS/c1-14-10-23(36-32-14)30-22-12-18(13-29-24(22)25(28)34)33-9-3-4-21(15(33)2)31-26(35)19-8-7-17(11-20(19)27)16-5-6-16;1-15-10-25(35-32-15)30-23-12-19(14-29-24(23)13-28)33-9-3-4-22(16(33)2)31-26(34)20-8-7-18(11-21(20)27)17-5-6-17/h7-8,10-13,15-16,21,30H,3-6,9H2,1-2H3,(H2,28,34)(H,31,35);7-8,10-12,14,16-17,22,30H,3-6,9H2,1-2H3,(H,31,34)/t15-,21-;16-,22-/m11/s1. The van der Waals surface area contributed by atoms with Crippen molar-refractivity contribution in [1.29, 1.82) is 5.26 Å². The van der Waals surface area contributed by atoms with Gasteiger partial charge >= 0.3 is 0 Å². The molecule has 6 N–H and O–H groups in total. The van der Waals surface area contributed by atoms with Crippen LogP contribution in [0.3, 0.4) is 0 Å². The zero-order valence-electron chi connectivity index (χ0n) is 40.0. The molecule has 19 heteroatoms. The van der Waals surface area contributed by atoms with E-state index in [1.807, 2.05) is 57.2 Å². The molecule has 368 valence electrons. The summed E-state index contributed by atoms with van der Waals surface area (Å²) >= 11 is 2.61. The molecule has 4 atom stereocenters. The first-order chi connectivity index (χ1) is 34.2. The molecule has 3 amide bonds. The first kappa shape index (κ1) is 49.0. The molecule has 6 aromatic rings. The predicted molar refractivity (Wildman–Crippen MR) is 273 cm³/mol. The number of anilines is 6. The van der Waals surface area contributed by atoms with Crippen LogP contribution in [0.2, 0.25) is 0 Å². The molecule has 2 aliphatic heterocycles. The normalized spacial score (nSPS) is 19.7. The molecule has 2 saturated heterocycles. The van der Waals surface area contributed by atoms with Gasteiger partial charge in [-0.2, -0.15) is 14.0 Å². The molecule has 10 rings (SSSR count). The number of nitriles is 1. The van der Waals surface area contributed by atoms with Crippen LogP contribution >= 0.6 is 23.1 Å². The minimum atomic E-state index is -0.628. The Kier molecular flexibility index (Phi) is 14.6. The van der Waals surface area contributed by atoms with Crippen LogP contribution in [0, 0.1) is 36.8 Å². The quantitative estimate of drug-likeness (QED) is 0.0733. The lowest BCUT2D eigenvalue weighted by Crippen LogP contribution is -2.54. The van der Waals surface area contributed by atoms with Gasteiger partial charge < -0.3 is 36.8 Å². The Hall–Kier alpha value is -7.04. The first-order valence-electron chi connectivity index (χ1n) is 24.1. The van der Waals surface area contributed by atoms with Crippen molar-refractivity contribution in [2.45, 2.75) is 115 Å². The Balaban J connectivity index is 0.000000176.